The van der Waals surface area contributed by atoms with Crippen LogP contribution in [-0.4, -0.2) is 34.6 Å². The zero-order chi connectivity index (χ0) is 13.7. The van der Waals surface area contributed by atoms with Crippen LogP contribution < -0.4 is 0 Å². The smallest absolute Gasteiger partial charge is 0.246 e. The molecule has 19 heavy (non-hydrogen) atoms. The highest BCUT2D eigenvalue weighted by Crippen LogP contribution is 2.21. The summed E-state index contributed by atoms with van der Waals surface area (Å²) in [5.74, 6) is 0.0292. The average Bonchev–Trinajstić information content (AvgIpc) is 2.58. The van der Waals surface area contributed by atoms with E-state index in [9.17, 15) is 9.90 Å². The van der Waals surface area contributed by atoms with Gasteiger partial charge in [0.1, 0.15) is 0 Å². The second-order valence-electron chi connectivity index (χ2n) is 5.42. The van der Waals surface area contributed by atoms with Gasteiger partial charge in [-0.25, -0.2) is 0 Å². The monoisotopic (exact) mass is 259 g/mol. The number of likely N-dealkylation sites (tertiary alicyclic amines) is 1. The molecule has 0 spiro atoms. The van der Waals surface area contributed by atoms with Gasteiger partial charge in [-0.3, -0.25) is 4.79 Å². The van der Waals surface area contributed by atoms with Crippen molar-refractivity contribution in [3.8, 4) is 0 Å². The molecule has 0 aliphatic carbocycles. The third-order valence-electron chi connectivity index (χ3n) is 3.59. The van der Waals surface area contributed by atoms with Crippen LogP contribution in [0.4, 0.5) is 0 Å². The van der Waals surface area contributed by atoms with Crippen LogP contribution in [0, 0.1) is 0 Å². The predicted molar refractivity (Wildman–Crippen MR) is 76.5 cm³/mol. The maximum atomic E-state index is 12.1. The summed E-state index contributed by atoms with van der Waals surface area (Å²) in [5, 5.41) is 10.0. The van der Waals surface area contributed by atoms with E-state index in [1.54, 1.807) is 6.08 Å². The van der Waals surface area contributed by atoms with Gasteiger partial charge in [0.2, 0.25) is 5.91 Å². The molecule has 2 rings (SSSR count). The normalized spacial score (nSPS) is 24.4. The highest BCUT2D eigenvalue weighted by molar-refractivity contribution is 5.91. The molecule has 0 radical (unpaired) electrons. The van der Waals surface area contributed by atoms with Crippen molar-refractivity contribution in [2.75, 3.05) is 13.1 Å². The van der Waals surface area contributed by atoms with Gasteiger partial charge in [-0.2, -0.15) is 0 Å². The van der Waals surface area contributed by atoms with E-state index in [0.717, 1.165) is 24.9 Å². The topological polar surface area (TPSA) is 40.5 Å². The third-order valence-corrected chi connectivity index (χ3v) is 3.59. The maximum Gasteiger partial charge on any atom is 0.246 e. The van der Waals surface area contributed by atoms with Gasteiger partial charge >= 0.3 is 0 Å². The van der Waals surface area contributed by atoms with Crippen molar-refractivity contribution in [3.05, 3.63) is 42.0 Å². The maximum absolute atomic E-state index is 12.1. The number of nitrogens with zero attached hydrogens (tertiary/aromatic N) is 1. The van der Waals surface area contributed by atoms with Crippen LogP contribution in [0.15, 0.2) is 36.4 Å². The van der Waals surface area contributed by atoms with Crippen LogP contribution >= 0.6 is 0 Å². The molecule has 1 fully saturated rings. The summed E-state index contributed by atoms with van der Waals surface area (Å²) in [4.78, 5) is 13.9. The highest BCUT2D eigenvalue weighted by Gasteiger charge is 2.26. The van der Waals surface area contributed by atoms with Crippen molar-refractivity contribution in [1.82, 2.24) is 4.90 Å². The number of carbonyl (C=O) groups excluding carboxylic acids is 1. The second kappa shape index (κ2) is 6.02. The fraction of sp³-hybridized carbons (Fsp3) is 0.438. The number of aliphatic hydroxyl groups is 1. The fourth-order valence-electron chi connectivity index (χ4n) is 2.32. The number of benzene rings is 1. The molecular formula is C16H21NO2. The molecule has 1 atom stereocenters. The van der Waals surface area contributed by atoms with E-state index in [-0.39, 0.29) is 5.91 Å². The molecule has 1 aliphatic rings. The van der Waals surface area contributed by atoms with Gasteiger partial charge < -0.3 is 10.0 Å². The highest BCUT2D eigenvalue weighted by atomic mass is 16.3. The van der Waals surface area contributed by atoms with E-state index in [4.69, 9.17) is 0 Å². The van der Waals surface area contributed by atoms with Crippen molar-refractivity contribution >= 4 is 12.0 Å². The first kappa shape index (κ1) is 13.8. The molecule has 1 amide bonds. The lowest BCUT2D eigenvalue weighted by Crippen LogP contribution is -2.32. The Morgan fingerprint density at radius 3 is 2.74 bits per heavy atom. The Morgan fingerprint density at radius 2 is 2.00 bits per heavy atom. The Kier molecular flexibility index (Phi) is 4.38. The molecule has 0 aromatic heterocycles. The molecule has 1 aliphatic heterocycles. The van der Waals surface area contributed by atoms with Gasteiger partial charge in [-0.1, -0.05) is 30.3 Å². The average molecular weight is 259 g/mol. The molecule has 1 saturated heterocycles. The minimum absolute atomic E-state index is 0.0292. The molecule has 0 bridgehead atoms. The molecule has 1 unspecified atom stereocenters. The van der Waals surface area contributed by atoms with Crippen LogP contribution in [0.5, 0.6) is 0 Å². The van der Waals surface area contributed by atoms with Crippen molar-refractivity contribution in [2.45, 2.75) is 31.8 Å². The molecule has 1 N–H and O–H groups in total. The summed E-state index contributed by atoms with van der Waals surface area (Å²) in [5.41, 5.74) is 0.399. The fourth-order valence-corrected chi connectivity index (χ4v) is 2.32. The molecule has 1 heterocycles. The van der Waals surface area contributed by atoms with E-state index in [1.165, 1.54) is 0 Å². The molecule has 102 valence electrons. The van der Waals surface area contributed by atoms with Crippen molar-refractivity contribution in [1.29, 1.82) is 0 Å². The van der Waals surface area contributed by atoms with Gasteiger partial charge in [0.05, 0.1) is 5.60 Å². The van der Waals surface area contributed by atoms with Gasteiger partial charge in [-0.15, -0.1) is 0 Å². The first-order valence-corrected chi connectivity index (χ1v) is 6.81. The van der Waals surface area contributed by atoms with E-state index in [1.807, 2.05) is 48.2 Å². The Morgan fingerprint density at radius 1 is 1.26 bits per heavy atom. The van der Waals surface area contributed by atoms with Crippen molar-refractivity contribution in [3.63, 3.8) is 0 Å². The van der Waals surface area contributed by atoms with Crippen LogP contribution in [-0.2, 0) is 4.79 Å². The van der Waals surface area contributed by atoms with Gasteiger partial charge in [0.25, 0.3) is 0 Å². The summed E-state index contributed by atoms with van der Waals surface area (Å²) < 4.78 is 0. The zero-order valence-corrected chi connectivity index (χ0v) is 11.4. The minimum Gasteiger partial charge on any atom is -0.390 e. The SMILES string of the molecule is CC1(O)CCCN(C(=O)/C=C/c2ccccc2)CC1. The lowest BCUT2D eigenvalue weighted by atomic mass is 9.98. The number of carbonyl (C=O) groups is 1. The number of hydrogen-bond donors (Lipinski definition) is 1. The first-order valence-electron chi connectivity index (χ1n) is 6.81. The Bertz CT molecular complexity index is 451. The summed E-state index contributed by atoms with van der Waals surface area (Å²) in [6.45, 7) is 3.21. The van der Waals surface area contributed by atoms with Crippen LogP contribution in [0.3, 0.4) is 0 Å². The summed E-state index contributed by atoms with van der Waals surface area (Å²) >= 11 is 0. The van der Waals surface area contributed by atoms with Crippen LogP contribution in [0.1, 0.15) is 31.7 Å². The molecule has 3 nitrogen and oxygen atoms in total. The summed E-state index contributed by atoms with van der Waals surface area (Å²) in [6, 6.07) is 9.80. The quantitative estimate of drug-likeness (QED) is 0.829. The van der Waals surface area contributed by atoms with E-state index >= 15 is 0 Å². The summed E-state index contributed by atoms with van der Waals surface area (Å²) in [7, 11) is 0. The van der Waals surface area contributed by atoms with Crippen LogP contribution in [0.2, 0.25) is 0 Å². The molecule has 1 aromatic rings. The molecule has 1 aromatic carbocycles. The molecular weight excluding hydrogens is 238 g/mol. The standard InChI is InChI=1S/C16H21NO2/c1-16(19)10-5-12-17(13-11-16)15(18)9-8-14-6-3-2-4-7-14/h2-4,6-9,19H,5,10-13H2,1H3/b9-8+. The van der Waals surface area contributed by atoms with E-state index in [2.05, 4.69) is 0 Å². The first-order chi connectivity index (χ1) is 9.07. The van der Waals surface area contributed by atoms with Gasteiger partial charge in [0, 0.05) is 19.2 Å². The molecule has 3 heteroatoms. The summed E-state index contributed by atoms with van der Waals surface area (Å²) in [6.07, 6.45) is 5.73. The van der Waals surface area contributed by atoms with Crippen molar-refractivity contribution in [2.24, 2.45) is 0 Å². The number of hydrogen-bond acceptors (Lipinski definition) is 2. The Labute approximate surface area is 114 Å². The van der Waals surface area contributed by atoms with Gasteiger partial charge in [-0.05, 0) is 37.8 Å². The minimum atomic E-state index is -0.627. The molecule has 0 saturated carbocycles. The lowest BCUT2D eigenvalue weighted by Gasteiger charge is -2.21. The van der Waals surface area contributed by atoms with Gasteiger partial charge in [0.15, 0.2) is 0 Å². The second-order valence-corrected chi connectivity index (χ2v) is 5.42. The van der Waals surface area contributed by atoms with E-state index in [0.29, 0.717) is 13.0 Å². The number of amides is 1. The predicted octanol–water partition coefficient (Wildman–Crippen LogP) is 2.46. The Hall–Kier alpha value is -1.61. The Balaban J connectivity index is 1.95. The van der Waals surface area contributed by atoms with Crippen LogP contribution in [0.25, 0.3) is 6.08 Å². The van der Waals surface area contributed by atoms with Crippen molar-refractivity contribution < 1.29 is 9.90 Å². The largest absolute Gasteiger partial charge is 0.390 e. The number of rotatable bonds is 2. The zero-order valence-electron chi connectivity index (χ0n) is 11.4. The third kappa shape index (κ3) is 4.21. The van der Waals surface area contributed by atoms with E-state index < -0.39 is 5.60 Å². The lowest BCUT2D eigenvalue weighted by molar-refractivity contribution is -0.126.